The van der Waals surface area contributed by atoms with E-state index >= 15 is 0 Å². The fourth-order valence-corrected chi connectivity index (χ4v) is 6.00. The van der Waals surface area contributed by atoms with Gasteiger partial charge >= 0.3 is 0 Å². The second-order valence-electron chi connectivity index (χ2n) is 9.13. The highest BCUT2D eigenvalue weighted by molar-refractivity contribution is 8.18. The average Bonchev–Trinajstić information content (AvgIpc) is 3.21. The van der Waals surface area contributed by atoms with Crippen LogP contribution >= 0.6 is 35.0 Å². The first-order valence-electron chi connectivity index (χ1n) is 12.3. The SMILES string of the molecule is O=C1S/C(=C/c2c(OCc3ccc(Cl)cc3Cl)ccc3ccccc23)C(=O)N1Cc1cccc2ccccc12. The van der Waals surface area contributed by atoms with Gasteiger partial charge in [-0.05, 0) is 63.1 Å². The molecule has 2 amide bonds. The molecule has 1 aliphatic rings. The third-order valence-corrected chi connectivity index (χ3v) is 8.18. The molecule has 5 aromatic carbocycles. The van der Waals surface area contributed by atoms with Crippen molar-refractivity contribution in [1.82, 2.24) is 4.90 Å². The molecule has 0 aromatic heterocycles. The van der Waals surface area contributed by atoms with Crippen LogP contribution in [0.4, 0.5) is 4.79 Å². The number of hydrogen-bond donors (Lipinski definition) is 0. The van der Waals surface area contributed by atoms with Gasteiger partial charge in [-0.2, -0.15) is 0 Å². The number of halogens is 2. The van der Waals surface area contributed by atoms with E-state index in [4.69, 9.17) is 27.9 Å². The van der Waals surface area contributed by atoms with Crippen molar-refractivity contribution in [2.45, 2.75) is 13.2 Å². The Labute approximate surface area is 239 Å². The summed E-state index contributed by atoms with van der Waals surface area (Å²) in [4.78, 5) is 28.2. The summed E-state index contributed by atoms with van der Waals surface area (Å²) in [5.41, 5.74) is 2.44. The van der Waals surface area contributed by atoms with Gasteiger partial charge in [0.1, 0.15) is 12.4 Å². The molecule has 1 aliphatic heterocycles. The Bertz CT molecular complexity index is 1790. The van der Waals surface area contributed by atoms with E-state index in [-0.39, 0.29) is 24.3 Å². The van der Waals surface area contributed by atoms with Crippen LogP contribution in [-0.2, 0) is 17.9 Å². The number of carbonyl (C=O) groups excluding carboxylic acids is 2. The third kappa shape index (κ3) is 5.13. The maximum atomic E-state index is 13.5. The molecule has 6 rings (SSSR count). The number of thioether (sulfide) groups is 1. The van der Waals surface area contributed by atoms with Gasteiger partial charge in [-0.1, -0.05) is 102 Å². The first-order chi connectivity index (χ1) is 19.0. The summed E-state index contributed by atoms with van der Waals surface area (Å²) in [7, 11) is 0. The molecule has 0 saturated carbocycles. The number of carbonyl (C=O) groups is 2. The number of amides is 2. The van der Waals surface area contributed by atoms with Crippen molar-refractivity contribution in [3.05, 3.63) is 129 Å². The van der Waals surface area contributed by atoms with Gasteiger partial charge in [0.05, 0.1) is 11.4 Å². The van der Waals surface area contributed by atoms with Crippen LogP contribution in [-0.4, -0.2) is 16.0 Å². The lowest BCUT2D eigenvalue weighted by molar-refractivity contribution is -0.123. The molecule has 0 bridgehead atoms. The van der Waals surface area contributed by atoms with Crippen LogP contribution in [0.3, 0.4) is 0 Å². The summed E-state index contributed by atoms with van der Waals surface area (Å²) in [6.45, 7) is 0.426. The molecular formula is C32H21Cl2NO3S. The minimum atomic E-state index is -0.322. The Morgan fingerprint density at radius 2 is 1.49 bits per heavy atom. The van der Waals surface area contributed by atoms with Gasteiger partial charge in [0.2, 0.25) is 0 Å². The molecule has 7 heteroatoms. The number of nitrogens with zero attached hydrogens (tertiary/aromatic N) is 1. The molecule has 0 aliphatic carbocycles. The number of rotatable bonds is 6. The second-order valence-corrected chi connectivity index (χ2v) is 11.0. The van der Waals surface area contributed by atoms with Crippen LogP contribution in [0.15, 0.2) is 102 Å². The van der Waals surface area contributed by atoms with E-state index in [1.54, 1.807) is 18.2 Å². The highest BCUT2D eigenvalue weighted by Gasteiger charge is 2.35. The van der Waals surface area contributed by atoms with Crippen LogP contribution < -0.4 is 4.74 Å². The van der Waals surface area contributed by atoms with Gasteiger partial charge in [0.25, 0.3) is 11.1 Å². The van der Waals surface area contributed by atoms with E-state index in [2.05, 4.69) is 0 Å². The molecule has 0 spiro atoms. The lowest BCUT2D eigenvalue weighted by atomic mass is 10.0. The lowest BCUT2D eigenvalue weighted by Crippen LogP contribution is -2.27. The van der Waals surface area contributed by atoms with E-state index in [0.717, 1.165) is 50.0 Å². The van der Waals surface area contributed by atoms with Crippen molar-refractivity contribution in [2.75, 3.05) is 0 Å². The summed E-state index contributed by atoms with van der Waals surface area (Å²) in [5, 5.41) is 4.77. The second kappa shape index (κ2) is 10.8. The first-order valence-corrected chi connectivity index (χ1v) is 13.9. The Balaban J connectivity index is 1.34. The van der Waals surface area contributed by atoms with Gasteiger partial charge in [-0.25, -0.2) is 0 Å². The largest absolute Gasteiger partial charge is 0.488 e. The zero-order valence-electron chi connectivity index (χ0n) is 20.6. The van der Waals surface area contributed by atoms with Gasteiger partial charge in [-0.15, -0.1) is 0 Å². The summed E-state index contributed by atoms with van der Waals surface area (Å²) >= 11 is 13.3. The summed E-state index contributed by atoms with van der Waals surface area (Å²) in [6, 6.07) is 30.8. The van der Waals surface area contributed by atoms with Crippen molar-refractivity contribution in [1.29, 1.82) is 0 Å². The topological polar surface area (TPSA) is 46.6 Å². The van der Waals surface area contributed by atoms with E-state index in [0.29, 0.717) is 20.7 Å². The molecule has 4 nitrogen and oxygen atoms in total. The maximum absolute atomic E-state index is 13.5. The minimum absolute atomic E-state index is 0.206. The molecule has 0 atom stereocenters. The predicted molar refractivity (Wildman–Crippen MR) is 160 cm³/mol. The Kier molecular flexibility index (Phi) is 7.05. The van der Waals surface area contributed by atoms with Gasteiger partial charge in [0.15, 0.2) is 0 Å². The lowest BCUT2D eigenvalue weighted by Gasteiger charge is -2.15. The standard InChI is InChI=1S/C32H21Cl2NO3S/c33-24-14-12-23(28(34)16-24)19-38-29-15-13-21-7-2-4-11-26(21)27(29)17-30-31(36)35(32(37)39-30)18-22-9-5-8-20-6-1-3-10-25(20)22/h1-17H,18-19H2/b30-17+. The van der Waals surface area contributed by atoms with Gasteiger partial charge in [0, 0.05) is 21.2 Å². The molecule has 0 unspecified atom stereocenters. The van der Waals surface area contributed by atoms with E-state index in [1.807, 2.05) is 84.9 Å². The molecule has 1 fully saturated rings. The van der Waals surface area contributed by atoms with Crippen LogP contribution in [0, 0.1) is 0 Å². The van der Waals surface area contributed by atoms with Crippen LogP contribution in [0.5, 0.6) is 5.75 Å². The Morgan fingerprint density at radius 1 is 0.769 bits per heavy atom. The van der Waals surface area contributed by atoms with Gasteiger partial charge in [-0.3, -0.25) is 14.5 Å². The van der Waals surface area contributed by atoms with Crippen molar-refractivity contribution in [3.8, 4) is 5.75 Å². The Morgan fingerprint density at radius 3 is 2.28 bits per heavy atom. The monoisotopic (exact) mass is 569 g/mol. The summed E-state index contributed by atoms with van der Waals surface area (Å²) in [6.07, 6.45) is 1.76. The number of ether oxygens (including phenoxy) is 1. The van der Waals surface area contributed by atoms with Crippen LogP contribution in [0.1, 0.15) is 16.7 Å². The van der Waals surface area contributed by atoms with Crippen LogP contribution in [0.25, 0.3) is 27.6 Å². The highest BCUT2D eigenvalue weighted by atomic mass is 35.5. The zero-order valence-corrected chi connectivity index (χ0v) is 22.9. The van der Waals surface area contributed by atoms with Crippen LogP contribution in [0.2, 0.25) is 10.0 Å². The number of benzene rings is 5. The zero-order chi connectivity index (χ0) is 26.9. The van der Waals surface area contributed by atoms with E-state index in [1.165, 1.54) is 4.90 Å². The highest BCUT2D eigenvalue weighted by Crippen LogP contribution is 2.38. The number of imide groups is 1. The van der Waals surface area contributed by atoms with Crippen molar-refractivity contribution in [2.24, 2.45) is 0 Å². The normalized spacial score (nSPS) is 14.6. The molecule has 1 heterocycles. The number of hydrogen-bond acceptors (Lipinski definition) is 4. The van der Waals surface area contributed by atoms with E-state index < -0.39 is 0 Å². The smallest absolute Gasteiger partial charge is 0.293 e. The molecule has 39 heavy (non-hydrogen) atoms. The van der Waals surface area contributed by atoms with Crippen molar-refractivity contribution >= 4 is 73.7 Å². The molecule has 1 saturated heterocycles. The average molecular weight is 570 g/mol. The summed E-state index contributed by atoms with van der Waals surface area (Å²) in [5.74, 6) is 0.262. The summed E-state index contributed by atoms with van der Waals surface area (Å²) < 4.78 is 6.20. The molecule has 192 valence electrons. The van der Waals surface area contributed by atoms with E-state index in [9.17, 15) is 9.59 Å². The quantitative estimate of drug-likeness (QED) is 0.191. The number of fused-ring (bicyclic) bond motifs is 2. The van der Waals surface area contributed by atoms with Crippen molar-refractivity contribution in [3.63, 3.8) is 0 Å². The maximum Gasteiger partial charge on any atom is 0.293 e. The third-order valence-electron chi connectivity index (χ3n) is 6.69. The van der Waals surface area contributed by atoms with Gasteiger partial charge < -0.3 is 4.74 Å². The molecule has 5 aromatic rings. The molecular weight excluding hydrogens is 549 g/mol. The van der Waals surface area contributed by atoms with Crippen molar-refractivity contribution < 1.29 is 14.3 Å². The molecule has 0 N–H and O–H groups in total. The first kappa shape index (κ1) is 25.5. The fourth-order valence-electron chi connectivity index (χ4n) is 4.71. The fraction of sp³-hybridized carbons (Fsp3) is 0.0625. The molecule has 0 radical (unpaired) electrons. The predicted octanol–water partition coefficient (Wildman–Crippen LogP) is 9.12. The minimum Gasteiger partial charge on any atom is -0.488 e. The Hall–Kier alpha value is -3.77.